The summed E-state index contributed by atoms with van der Waals surface area (Å²) in [7, 11) is 0. The van der Waals surface area contributed by atoms with Gasteiger partial charge in [0.05, 0.1) is 0 Å². The van der Waals surface area contributed by atoms with Crippen LogP contribution in [0.2, 0.25) is 0 Å². The summed E-state index contributed by atoms with van der Waals surface area (Å²) in [5.41, 5.74) is 0. The van der Waals surface area contributed by atoms with Gasteiger partial charge in [-0.05, 0) is 12.8 Å². The molecule has 1 N–H and O–H groups in total. The zero-order chi connectivity index (χ0) is 6.10. The Balaban J connectivity index is 1.81. The van der Waals surface area contributed by atoms with Gasteiger partial charge in [-0.25, -0.2) is 0 Å². The molecule has 1 aliphatic heterocycles. The molecule has 1 aliphatic carbocycles. The average molecular weight is 125 g/mol. The molecule has 2 aliphatic rings. The summed E-state index contributed by atoms with van der Waals surface area (Å²) >= 11 is 0. The smallest absolute Gasteiger partial charge is 0.0224 e. The van der Waals surface area contributed by atoms with E-state index >= 15 is 0 Å². The zero-order valence-electron chi connectivity index (χ0n) is 5.90. The third kappa shape index (κ3) is 1.26. The zero-order valence-corrected chi connectivity index (χ0v) is 5.90. The second-order valence-corrected chi connectivity index (χ2v) is 3.37. The van der Waals surface area contributed by atoms with Gasteiger partial charge < -0.3 is 5.32 Å². The quantitative estimate of drug-likeness (QED) is 0.489. The first-order chi connectivity index (χ1) is 4.47. The summed E-state index contributed by atoms with van der Waals surface area (Å²) in [5, 5.41) is 3.51. The van der Waals surface area contributed by atoms with Crippen molar-refractivity contribution in [3.8, 4) is 0 Å². The molecule has 0 unspecified atom stereocenters. The van der Waals surface area contributed by atoms with Crippen LogP contribution in [0.5, 0.6) is 0 Å². The average Bonchev–Trinajstić information content (AvgIpc) is 2.46. The topological polar surface area (TPSA) is 21.9 Å². The molecule has 52 valence electrons. The first-order valence-electron chi connectivity index (χ1n) is 4.23. The van der Waals surface area contributed by atoms with Crippen LogP contribution < -0.4 is 5.32 Å². The Kier molecular flexibility index (Phi) is 1.46. The summed E-state index contributed by atoms with van der Waals surface area (Å²) in [5.74, 6) is 0. The molecule has 0 aromatic rings. The minimum atomic E-state index is 0.935. The highest BCUT2D eigenvalue weighted by atomic mass is 15.1. The van der Waals surface area contributed by atoms with Crippen LogP contribution in [0.25, 0.3) is 0 Å². The van der Waals surface area contributed by atoms with Crippen LogP contribution in [0.1, 0.15) is 38.5 Å². The number of hydrogen-bond donors (Lipinski definition) is 1. The molecule has 0 amide bonds. The number of fused-ring (bicyclic) bond motifs is 1. The van der Waals surface area contributed by atoms with Crippen LogP contribution >= 0.6 is 0 Å². The second-order valence-electron chi connectivity index (χ2n) is 3.37. The van der Waals surface area contributed by atoms with Crippen LogP contribution in [-0.4, -0.2) is 12.1 Å². The van der Waals surface area contributed by atoms with E-state index in [1.807, 2.05) is 0 Å². The molecule has 0 aromatic heterocycles. The van der Waals surface area contributed by atoms with Crippen LogP contribution in [0, 0.1) is 0 Å². The lowest BCUT2D eigenvalue weighted by Crippen LogP contribution is -1.97. The van der Waals surface area contributed by atoms with E-state index in [1.54, 1.807) is 0 Å². The third-order valence-electron chi connectivity index (χ3n) is 2.58. The highest BCUT2D eigenvalue weighted by Crippen LogP contribution is 2.26. The van der Waals surface area contributed by atoms with Gasteiger partial charge >= 0.3 is 0 Å². The van der Waals surface area contributed by atoms with Crippen molar-refractivity contribution >= 4 is 0 Å². The monoisotopic (exact) mass is 125 g/mol. The van der Waals surface area contributed by atoms with Crippen molar-refractivity contribution in [2.24, 2.45) is 0 Å². The van der Waals surface area contributed by atoms with Crippen LogP contribution in [0.15, 0.2) is 0 Å². The summed E-state index contributed by atoms with van der Waals surface area (Å²) in [6.45, 7) is 0. The van der Waals surface area contributed by atoms with Crippen LogP contribution in [-0.2, 0) is 0 Å². The van der Waals surface area contributed by atoms with Crippen molar-refractivity contribution in [3.63, 3.8) is 0 Å². The number of rotatable bonds is 0. The molecule has 0 bridgehead atoms. The van der Waals surface area contributed by atoms with Crippen LogP contribution in [0.3, 0.4) is 0 Å². The Morgan fingerprint density at radius 1 is 0.778 bits per heavy atom. The highest BCUT2D eigenvalue weighted by Gasteiger charge is 2.34. The fraction of sp³-hybridized carbons (Fsp3) is 1.00. The Morgan fingerprint density at radius 3 is 1.89 bits per heavy atom. The van der Waals surface area contributed by atoms with E-state index in [0.717, 1.165) is 12.1 Å². The molecule has 1 saturated carbocycles. The molecular formula is C8H15N. The SMILES string of the molecule is C1CCC[C@H]2N[C@@H]2CC1. The summed E-state index contributed by atoms with van der Waals surface area (Å²) in [4.78, 5) is 0. The molecule has 2 rings (SSSR count). The van der Waals surface area contributed by atoms with Gasteiger partial charge in [-0.2, -0.15) is 0 Å². The lowest BCUT2D eigenvalue weighted by molar-refractivity contribution is 0.551. The van der Waals surface area contributed by atoms with Gasteiger partial charge in [0.2, 0.25) is 0 Å². The third-order valence-corrected chi connectivity index (χ3v) is 2.58. The molecule has 2 atom stereocenters. The van der Waals surface area contributed by atoms with Crippen molar-refractivity contribution in [2.75, 3.05) is 0 Å². The van der Waals surface area contributed by atoms with Crippen LogP contribution in [0.4, 0.5) is 0 Å². The van der Waals surface area contributed by atoms with E-state index < -0.39 is 0 Å². The van der Waals surface area contributed by atoms with Crippen molar-refractivity contribution < 1.29 is 0 Å². The maximum absolute atomic E-state index is 3.51. The van der Waals surface area contributed by atoms with E-state index in [9.17, 15) is 0 Å². The molecule has 1 heterocycles. The lowest BCUT2D eigenvalue weighted by Gasteiger charge is -2.03. The van der Waals surface area contributed by atoms with Gasteiger partial charge in [0, 0.05) is 12.1 Å². The van der Waals surface area contributed by atoms with Crippen molar-refractivity contribution in [3.05, 3.63) is 0 Å². The predicted molar refractivity (Wildman–Crippen MR) is 38.4 cm³/mol. The van der Waals surface area contributed by atoms with Crippen molar-refractivity contribution in [1.82, 2.24) is 5.32 Å². The Bertz CT molecular complexity index is 88.7. The maximum Gasteiger partial charge on any atom is 0.0224 e. The van der Waals surface area contributed by atoms with Gasteiger partial charge in [-0.1, -0.05) is 25.7 Å². The molecule has 1 saturated heterocycles. The largest absolute Gasteiger partial charge is 0.308 e. The highest BCUT2D eigenvalue weighted by molar-refractivity contribution is 4.97. The van der Waals surface area contributed by atoms with E-state index in [2.05, 4.69) is 5.32 Å². The molecule has 0 radical (unpaired) electrons. The molecule has 9 heavy (non-hydrogen) atoms. The first kappa shape index (κ1) is 5.72. The molecule has 0 aromatic carbocycles. The molecule has 1 nitrogen and oxygen atoms in total. The van der Waals surface area contributed by atoms with Gasteiger partial charge in [0.25, 0.3) is 0 Å². The summed E-state index contributed by atoms with van der Waals surface area (Å²) in [6.07, 6.45) is 8.79. The van der Waals surface area contributed by atoms with Gasteiger partial charge in [0.15, 0.2) is 0 Å². The number of nitrogens with one attached hydrogen (secondary N) is 1. The Labute approximate surface area is 56.8 Å². The van der Waals surface area contributed by atoms with E-state index in [4.69, 9.17) is 0 Å². The second kappa shape index (κ2) is 2.30. The first-order valence-corrected chi connectivity index (χ1v) is 4.23. The van der Waals surface area contributed by atoms with E-state index in [1.165, 1.54) is 38.5 Å². The van der Waals surface area contributed by atoms with Gasteiger partial charge in [-0.3, -0.25) is 0 Å². The normalized spacial score (nSPS) is 42.7. The summed E-state index contributed by atoms with van der Waals surface area (Å²) in [6, 6.07) is 1.87. The molecule has 0 spiro atoms. The maximum atomic E-state index is 3.51. The molecular weight excluding hydrogens is 110 g/mol. The molecule has 2 fully saturated rings. The van der Waals surface area contributed by atoms with Crippen molar-refractivity contribution in [1.29, 1.82) is 0 Å². The van der Waals surface area contributed by atoms with E-state index in [-0.39, 0.29) is 0 Å². The fourth-order valence-corrected chi connectivity index (χ4v) is 1.87. The Hall–Kier alpha value is -0.0400. The van der Waals surface area contributed by atoms with Crippen molar-refractivity contribution in [2.45, 2.75) is 50.6 Å². The lowest BCUT2D eigenvalue weighted by atomic mass is 10.0. The predicted octanol–water partition coefficient (Wildman–Crippen LogP) is 1.68. The van der Waals surface area contributed by atoms with E-state index in [0.29, 0.717) is 0 Å². The summed E-state index contributed by atoms with van der Waals surface area (Å²) < 4.78 is 0. The molecule has 1 heteroatoms. The van der Waals surface area contributed by atoms with Gasteiger partial charge in [0.1, 0.15) is 0 Å². The Morgan fingerprint density at radius 2 is 1.33 bits per heavy atom. The fourth-order valence-electron chi connectivity index (χ4n) is 1.87. The minimum Gasteiger partial charge on any atom is -0.308 e. The standard InChI is InChI=1S/C8H15N/c1-2-4-6-8-7(9-8)5-3-1/h7-9H,1-6H2/t7-,8-/m1/s1. The van der Waals surface area contributed by atoms with Gasteiger partial charge in [-0.15, -0.1) is 0 Å². The number of hydrogen-bond acceptors (Lipinski definition) is 1. The minimum absolute atomic E-state index is 0.935.